The predicted octanol–water partition coefficient (Wildman–Crippen LogP) is 0.274. The van der Waals surface area contributed by atoms with Crippen LogP contribution in [0.25, 0.3) is 0 Å². The quantitative estimate of drug-likeness (QED) is 0.726. The monoisotopic (exact) mass is 197 g/mol. The number of carbonyl (C=O) groups excluding carboxylic acids is 1. The van der Waals surface area contributed by atoms with Gasteiger partial charge < -0.3 is 15.6 Å². The minimum atomic E-state index is -0.193. The summed E-state index contributed by atoms with van der Waals surface area (Å²) in [5.74, 6) is -0.259. The smallest absolute Gasteiger partial charge is 0.224 e. The van der Waals surface area contributed by atoms with Crippen LogP contribution in [0.2, 0.25) is 0 Å². The first kappa shape index (κ1) is 10.7. The van der Waals surface area contributed by atoms with E-state index in [1.165, 1.54) is 6.26 Å². The van der Waals surface area contributed by atoms with Crippen LogP contribution in [-0.4, -0.2) is 17.1 Å². The van der Waals surface area contributed by atoms with Crippen molar-refractivity contribution >= 4 is 5.91 Å². The van der Waals surface area contributed by atoms with E-state index in [1.54, 1.807) is 19.9 Å². The second-order valence-corrected chi connectivity index (χ2v) is 3.36. The normalized spacial score (nSPS) is 14.8. The summed E-state index contributed by atoms with van der Waals surface area (Å²) in [6.07, 6.45) is 1.47. The van der Waals surface area contributed by atoms with Crippen molar-refractivity contribution in [2.75, 3.05) is 0 Å². The fourth-order valence-electron chi connectivity index (χ4n) is 0.906. The lowest BCUT2D eigenvalue weighted by atomic mass is 10.0. The molecule has 5 heteroatoms. The molecule has 1 aromatic heterocycles. The number of nitrogens with two attached hydrogens (primary N) is 1. The third kappa shape index (κ3) is 2.85. The number of rotatable bonds is 4. The minimum Gasteiger partial charge on any atom is -0.364 e. The van der Waals surface area contributed by atoms with Gasteiger partial charge in [-0.05, 0) is 6.92 Å². The zero-order chi connectivity index (χ0) is 10.6. The highest BCUT2D eigenvalue weighted by molar-refractivity contribution is 5.78. The molecule has 0 saturated carbocycles. The van der Waals surface area contributed by atoms with Crippen LogP contribution >= 0.6 is 0 Å². The van der Waals surface area contributed by atoms with Crippen molar-refractivity contribution in [1.29, 1.82) is 0 Å². The van der Waals surface area contributed by atoms with Gasteiger partial charge in [0.2, 0.25) is 5.91 Å². The number of hydrogen-bond donors (Lipinski definition) is 2. The number of nitrogens with zero attached hydrogens (tertiary/aromatic N) is 1. The van der Waals surface area contributed by atoms with Crippen LogP contribution in [-0.2, 0) is 11.3 Å². The lowest BCUT2D eigenvalue weighted by Gasteiger charge is -2.14. The molecule has 0 aromatic carbocycles. The molecule has 5 nitrogen and oxygen atoms in total. The van der Waals surface area contributed by atoms with Crippen molar-refractivity contribution in [3.05, 3.63) is 18.0 Å². The number of carbonyl (C=O) groups is 1. The molecular weight excluding hydrogens is 182 g/mol. The van der Waals surface area contributed by atoms with Gasteiger partial charge in [-0.3, -0.25) is 4.79 Å². The van der Waals surface area contributed by atoms with Gasteiger partial charge in [-0.25, -0.2) is 0 Å². The Labute approximate surface area is 82.6 Å². The molecule has 3 N–H and O–H groups in total. The Balaban J connectivity index is 2.35. The van der Waals surface area contributed by atoms with Crippen LogP contribution < -0.4 is 11.1 Å². The molecule has 1 heterocycles. The lowest BCUT2D eigenvalue weighted by molar-refractivity contribution is -0.125. The fourth-order valence-corrected chi connectivity index (χ4v) is 0.906. The number of hydrogen-bond acceptors (Lipinski definition) is 4. The summed E-state index contributed by atoms with van der Waals surface area (Å²) in [7, 11) is 0. The van der Waals surface area contributed by atoms with Crippen molar-refractivity contribution in [2.24, 2.45) is 11.7 Å². The molecule has 14 heavy (non-hydrogen) atoms. The summed E-state index contributed by atoms with van der Waals surface area (Å²) >= 11 is 0. The Morgan fingerprint density at radius 3 is 2.93 bits per heavy atom. The van der Waals surface area contributed by atoms with E-state index in [9.17, 15) is 4.79 Å². The summed E-state index contributed by atoms with van der Waals surface area (Å²) in [4.78, 5) is 11.4. The highest BCUT2D eigenvalue weighted by atomic mass is 16.5. The Kier molecular flexibility index (Phi) is 3.64. The molecule has 0 fully saturated rings. The molecule has 0 aliphatic heterocycles. The molecule has 1 aromatic rings. The van der Waals surface area contributed by atoms with Crippen molar-refractivity contribution in [3.63, 3.8) is 0 Å². The van der Waals surface area contributed by atoms with Crippen molar-refractivity contribution in [1.82, 2.24) is 10.5 Å². The van der Waals surface area contributed by atoms with Gasteiger partial charge in [-0.2, -0.15) is 0 Å². The van der Waals surface area contributed by atoms with Crippen molar-refractivity contribution in [2.45, 2.75) is 26.4 Å². The van der Waals surface area contributed by atoms with E-state index in [0.29, 0.717) is 12.2 Å². The van der Waals surface area contributed by atoms with Crippen LogP contribution in [0.1, 0.15) is 19.5 Å². The Morgan fingerprint density at radius 2 is 2.43 bits per heavy atom. The second-order valence-electron chi connectivity index (χ2n) is 3.36. The third-order valence-corrected chi connectivity index (χ3v) is 2.14. The molecule has 0 radical (unpaired) electrons. The zero-order valence-electron chi connectivity index (χ0n) is 8.36. The second kappa shape index (κ2) is 4.76. The molecule has 0 bridgehead atoms. The maximum absolute atomic E-state index is 11.4. The maximum Gasteiger partial charge on any atom is 0.224 e. The molecule has 78 valence electrons. The average molecular weight is 197 g/mol. The molecule has 1 rings (SSSR count). The summed E-state index contributed by atoms with van der Waals surface area (Å²) in [5, 5.41) is 6.40. The maximum atomic E-state index is 11.4. The molecular formula is C9H15N3O2. The summed E-state index contributed by atoms with van der Waals surface area (Å²) in [6.45, 7) is 3.98. The highest BCUT2D eigenvalue weighted by Gasteiger charge is 2.16. The molecule has 0 spiro atoms. The van der Waals surface area contributed by atoms with Gasteiger partial charge in [0.1, 0.15) is 12.0 Å². The van der Waals surface area contributed by atoms with Gasteiger partial charge >= 0.3 is 0 Å². The molecule has 0 aliphatic carbocycles. The van der Waals surface area contributed by atoms with E-state index in [2.05, 4.69) is 15.0 Å². The number of amides is 1. The number of nitrogens with one attached hydrogen (secondary N) is 1. The lowest BCUT2D eigenvalue weighted by Crippen LogP contribution is -2.38. The van der Waals surface area contributed by atoms with E-state index >= 15 is 0 Å². The van der Waals surface area contributed by atoms with E-state index in [0.717, 1.165) is 0 Å². The van der Waals surface area contributed by atoms with Gasteiger partial charge in [-0.15, -0.1) is 0 Å². The summed E-state index contributed by atoms with van der Waals surface area (Å²) in [6, 6.07) is 1.56. The Morgan fingerprint density at radius 1 is 1.71 bits per heavy atom. The molecule has 2 atom stereocenters. The first-order valence-corrected chi connectivity index (χ1v) is 4.54. The topological polar surface area (TPSA) is 81.2 Å². The molecule has 0 saturated heterocycles. The van der Waals surface area contributed by atoms with E-state index in [1.807, 2.05) is 0 Å². The minimum absolute atomic E-state index is 0.0667. The standard InChI is InChI=1S/C9H15N3O2/c1-6(7(2)10)9(13)11-5-8-3-4-14-12-8/h3-4,6-7H,5,10H2,1-2H3,(H,11,13). The summed E-state index contributed by atoms with van der Waals surface area (Å²) < 4.78 is 4.63. The zero-order valence-corrected chi connectivity index (χ0v) is 8.36. The van der Waals surface area contributed by atoms with Gasteiger partial charge in [0.25, 0.3) is 0 Å². The van der Waals surface area contributed by atoms with Gasteiger partial charge in [-0.1, -0.05) is 12.1 Å². The van der Waals surface area contributed by atoms with Gasteiger partial charge in [0.05, 0.1) is 6.54 Å². The van der Waals surface area contributed by atoms with Gasteiger partial charge in [0.15, 0.2) is 0 Å². The Hall–Kier alpha value is -1.36. The van der Waals surface area contributed by atoms with Gasteiger partial charge in [0, 0.05) is 18.0 Å². The molecule has 0 aliphatic rings. The third-order valence-electron chi connectivity index (χ3n) is 2.14. The van der Waals surface area contributed by atoms with Crippen LogP contribution in [0.15, 0.2) is 16.9 Å². The molecule has 2 unspecified atom stereocenters. The fraction of sp³-hybridized carbons (Fsp3) is 0.556. The van der Waals surface area contributed by atoms with Crippen molar-refractivity contribution in [3.8, 4) is 0 Å². The first-order valence-electron chi connectivity index (χ1n) is 4.54. The average Bonchev–Trinajstić information content (AvgIpc) is 2.65. The largest absolute Gasteiger partial charge is 0.364 e. The first-order chi connectivity index (χ1) is 6.61. The van der Waals surface area contributed by atoms with Crippen LogP contribution in [0, 0.1) is 5.92 Å². The van der Waals surface area contributed by atoms with E-state index in [4.69, 9.17) is 5.73 Å². The summed E-state index contributed by atoms with van der Waals surface area (Å²) in [5.41, 5.74) is 6.29. The highest BCUT2D eigenvalue weighted by Crippen LogP contribution is 2.00. The van der Waals surface area contributed by atoms with Crippen LogP contribution in [0.5, 0.6) is 0 Å². The van der Waals surface area contributed by atoms with Crippen LogP contribution in [0.4, 0.5) is 0 Å². The van der Waals surface area contributed by atoms with E-state index in [-0.39, 0.29) is 17.9 Å². The van der Waals surface area contributed by atoms with Crippen molar-refractivity contribution < 1.29 is 9.32 Å². The Bertz CT molecular complexity index is 282. The predicted molar refractivity (Wildman–Crippen MR) is 51.2 cm³/mol. The number of aromatic nitrogens is 1. The van der Waals surface area contributed by atoms with Crippen LogP contribution in [0.3, 0.4) is 0 Å². The van der Waals surface area contributed by atoms with E-state index < -0.39 is 0 Å². The molecule has 1 amide bonds. The SMILES string of the molecule is CC(N)C(C)C(=O)NCc1ccon1.